The molecule has 3 rings (SSSR count). The molecule has 4 heteroatoms. The van der Waals surface area contributed by atoms with Crippen LogP contribution in [0.4, 0.5) is 5.69 Å². The van der Waals surface area contributed by atoms with Crippen molar-refractivity contribution >= 4 is 16.6 Å². The van der Waals surface area contributed by atoms with E-state index in [1.54, 1.807) is 0 Å². The van der Waals surface area contributed by atoms with Crippen molar-refractivity contribution in [2.45, 2.75) is 26.0 Å². The van der Waals surface area contributed by atoms with Gasteiger partial charge in [0.05, 0.1) is 18.2 Å². The number of hydrogen-bond acceptors (Lipinski definition) is 4. The highest BCUT2D eigenvalue weighted by Crippen LogP contribution is 2.30. The lowest BCUT2D eigenvalue weighted by Crippen LogP contribution is -2.50. The second kappa shape index (κ2) is 5.38. The smallest absolute Gasteiger partial charge is 0.0872 e. The lowest BCUT2D eigenvalue weighted by Gasteiger charge is -2.39. The first-order valence-electron chi connectivity index (χ1n) is 7.13. The molecule has 20 heavy (non-hydrogen) atoms. The number of para-hydroxylation sites is 1. The van der Waals surface area contributed by atoms with Crippen LogP contribution in [0.15, 0.2) is 30.3 Å². The maximum atomic E-state index is 5.77. The maximum Gasteiger partial charge on any atom is 0.0872 e. The number of aryl methyl sites for hydroxylation is 1. The SMILES string of the molecule is Cc1cc(N2CC(CN)OCC2C)c2ccccc2n1. The van der Waals surface area contributed by atoms with Crippen LogP contribution in [0.1, 0.15) is 12.6 Å². The summed E-state index contributed by atoms with van der Waals surface area (Å²) in [5.74, 6) is 0. The fourth-order valence-corrected chi connectivity index (χ4v) is 2.82. The molecule has 2 unspecified atom stereocenters. The Morgan fingerprint density at radius 2 is 2.20 bits per heavy atom. The van der Waals surface area contributed by atoms with Gasteiger partial charge in [-0.1, -0.05) is 18.2 Å². The molecule has 1 aromatic heterocycles. The summed E-state index contributed by atoms with van der Waals surface area (Å²) in [5, 5.41) is 1.20. The molecule has 0 saturated carbocycles. The zero-order chi connectivity index (χ0) is 14.1. The third-order valence-electron chi connectivity index (χ3n) is 3.90. The number of benzene rings is 1. The number of nitrogens with zero attached hydrogens (tertiary/aromatic N) is 2. The molecule has 0 spiro atoms. The first-order chi connectivity index (χ1) is 9.69. The highest BCUT2D eigenvalue weighted by atomic mass is 16.5. The molecule has 2 atom stereocenters. The standard InChI is InChI=1S/C16H21N3O/c1-11-7-16(14-5-3-4-6-15(14)18-11)19-9-13(8-17)20-10-12(19)2/h3-7,12-13H,8-10,17H2,1-2H3. The van der Waals surface area contributed by atoms with E-state index in [-0.39, 0.29) is 6.10 Å². The summed E-state index contributed by atoms with van der Waals surface area (Å²) in [7, 11) is 0. The van der Waals surface area contributed by atoms with E-state index in [2.05, 4.69) is 41.1 Å². The molecule has 0 aliphatic carbocycles. The fourth-order valence-electron chi connectivity index (χ4n) is 2.82. The van der Waals surface area contributed by atoms with Crippen LogP contribution in [0.3, 0.4) is 0 Å². The number of ether oxygens (including phenoxy) is 1. The third-order valence-corrected chi connectivity index (χ3v) is 3.90. The van der Waals surface area contributed by atoms with Gasteiger partial charge in [-0.15, -0.1) is 0 Å². The van der Waals surface area contributed by atoms with E-state index >= 15 is 0 Å². The molecule has 2 heterocycles. The molecule has 1 aliphatic heterocycles. The normalized spacial score (nSPS) is 23.2. The molecular formula is C16H21N3O. The topological polar surface area (TPSA) is 51.4 Å². The van der Waals surface area contributed by atoms with Crippen LogP contribution in [-0.4, -0.2) is 36.8 Å². The zero-order valence-corrected chi connectivity index (χ0v) is 12.0. The van der Waals surface area contributed by atoms with Gasteiger partial charge in [0.25, 0.3) is 0 Å². The lowest BCUT2D eigenvalue weighted by atomic mass is 10.1. The maximum absolute atomic E-state index is 5.77. The van der Waals surface area contributed by atoms with Gasteiger partial charge in [0.1, 0.15) is 0 Å². The molecule has 106 valence electrons. The van der Waals surface area contributed by atoms with Gasteiger partial charge >= 0.3 is 0 Å². The van der Waals surface area contributed by atoms with Crippen molar-refractivity contribution in [1.29, 1.82) is 0 Å². The Bertz CT molecular complexity index is 614. The molecule has 2 N–H and O–H groups in total. The largest absolute Gasteiger partial charge is 0.373 e. The minimum Gasteiger partial charge on any atom is -0.373 e. The predicted molar refractivity (Wildman–Crippen MR) is 82.1 cm³/mol. The van der Waals surface area contributed by atoms with E-state index in [1.807, 2.05) is 13.0 Å². The Labute approximate surface area is 119 Å². The third kappa shape index (κ3) is 2.37. The van der Waals surface area contributed by atoms with E-state index in [9.17, 15) is 0 Å². The van der Waals surface area contributed by atoms with Crippen LogP contribution in [0, 0.1) is 6.92 Å². The van der Waals surface area contributed by atoms with Crippen molar-refractivity contribution in [2.75, 3.05) is 24.6 Å². The molecule has 4 nitrogen and oxygen atoms in total. The zero-order valence-electron chi connectivity index (χ0n) is 12.0. The van der Waals surface area contributed by atoms with E-state index in [0.29, 0.717) is 12.6 Å². The molecule has 1 aliphatic rings. The van der Waals surface area contributed by atoms with Gasteiger partial charge in [-0.05, 0) is 26.0 Å². The molecule has 0 radical (unpaired) electrons. The number of fused-ring (bicyclic) bond motifs is 1. The van der Waals surface area contributed by atoms with Crippen molar-refractivity contribution in [3.63, 3.8) is 0 Å². The Balaban J connectivity index is 2.08. The monoisotopic (exact) mass is 271 g/mol. The number of pyridine rings is 1. The molecular weight excluding hydrogens is 250 g/mol. The van der Waals surface area contributed by atoms with Crippen LogP contribution < -0.4 is 10.6 Å². The minimum absolute atomic E-state index is 0.110. The quantitative estimate of drug-likeness (QED) is 0.908. The molecule has 1 aromatic carbocycles. The number of rotatable bonds is 2. The Morgan fingerprint density at radius 1 is 1.40 bits per heavy atom. The van der Waals surface area contributed by atoms with Crippen LogP contribution in [-0.2, 0) is 4.74 Å². The average Bonchev–Trinajstić information content (AvgIpc) is 2.47. The number of nitrogens with two attached hydrogens (primary N) is 1. The predicted octanol–water partition coefficient (Wildman–Crippen LogP) is 2.10. The van der Waals surface area contributed by atoms with Crippen molar-refractivity contribution in [3.8, 4) is 0 Å². The molecule has 2 aromatic rings. The second-order valence-corrected chi connectivity index (χ2v) is 5.49. The van der Waals surface area contributed by atoms with Gasteiger partial charge in [0.2, 0.25) is 0 Å². The Kier molecular flexibility index (Phi) is 3.59. The first kappa shape index (κ1) is 13.3. The van der Waals surface area contributed by atoms with E-state index < -0.39 is 0 Å². The number of hydrogen-bond donors (Lipinski definition) is 1. The van der Waals surface area contributed by atoms with Crippen LogP contribution in [0.25, 0.3) is 10.9 Å². The van der Waals surface area contributed by atoms with E-state index in [0.717, 1.165) is 24.4 Å². The number of aromatic nitrogens is 1. The van der Waals surface area contributed by atoms with Crippen molar-refractivity contribution in [3.05, 3.63) is 36.0 Å². The van der Waals surface area contributed by atoms with Crippen LogP contribution in [0.5, 0.6) is 0 Å². The van der Waals surface area contributed by atoms with E-state index in [4.69, 9.17) is 10.5 Å². The number of anilines is 1. The fraction of sp³-hybridized carbons (Fsp3) is 0.438. The number of morpholine rings is 1. The van der Waals surface area contributed by atoms with Gasteiger partial charge in [-0.3, -0.25) is 4.98 Å². The molecule has 1 saturated heterocycles. The van der Waals surface area contributed by atoms with Crippen LogP contribution in [0.2, 0.25) is 0 Å². The van der Waals surface area contributed by atoms with Gasteiger partial charge < -0.3 is 15.4 Å². The summed E-state index contributed by atoms with van der Waals surface area (Å²) in [5.41, 5.74) is 9.10. The van der Waals surface area contributed by atoms with Crippen molar-refractivity contribution in [1.82, 2.24) is 4.98 Å². The van der Waals surface area contributed by atoms with Crippen LogP contribution >= 0.6 is 0 Å². The molecule has 0 bridgehead atoms. The molecule has 1 fully saturated rings. The molecule has 0 amide bonds. The highest BCUT2D eigenvalue weighted by molar-refractivity contribution is 5.92. The highest BCUT2D eigenvalue weighted by Gasteiger charge is 2.26. The minimum atomic E-state index is 0.110. The Morgan fingerprint density at radius 3 is 3.00 bits per heavy atom. The summed E-state index contributed by atoms with van der Waals surface area (Å²) in [6.07, 6.45) is 0.110. The van der Waals surface area contributed by atoms with Gasteiger partial charge in [0, 0.05) is 35.9 Å². The summed E-state index contributed by atoms with van der Waals surface area (Å²) >= 11 is 0. The van der Waals surface area contributed by atoms with Gasteiger partial charge in [0.15, 0.2) is 0 Å². The van der Waals surface area contributed by atoms with Crippen molar-refractivity contribution in [2.24, 2.45) is 5.73 Å². The average molecular weight is 271 g/mol. The van der Waals surface area contributed by atoms with E-state index in [1.165, 1.54) is 11.1 Å². The van der Waals surface area contributed by atoms with Crippen molar-refractivity contribution < 1.29 is 4.74 Å². The lowest BCUT2D eigenvalue weighted by molar-refractivity contribution is 0.0284. The summed E-state index contributed by atoms with van der Waals surface area (Å²) in [4.78, 5) is 7.01. The second-order valence-electron chi connectivity index (χ2n) is 5.49. The Hall–Kier alpha value is -1.65. The summed E-state index contributed by atoms with van der Waals surface area (Å²) in [6, 6.07) is 10.8. The van der Waals surface area contributed by atoms with Gasteiger partial charge in [-0.25, -0.2) is 0 Å². The summed E-state index contributed by atoms with van der Waals surface area (Å²) < 4.78 is 5.75. The van der Waals surface area contributed by atoms with Gasteiger partial charge in [-0.2, -0.15) is 0 Å². The summed E-state index contributed by atoms with van der Waals surface area (Å²) in [6.45, 7) is 6.35. The first-order valence-corrected chi connectivity index (χ1v) is 7.13.